The van der Waals surface area contributed by atoms with Crippen molar-refractivity contribution in [1.82, 2.24) is 24.6 Å². The first-order valence-corrected chi connectivity index (χ1v) is 10.2. The standard InChI is InChI=1S/C16H14N6O2.C6H9NO2/c23-13(24)4-6-17-15-14(20-16-18-5-1-7-22(15)16)10-2-3-12-11(8-10)9-19-21-12;1-4-9-6(8)5(2)7-3/h1-3,5,7-9,17H,4,6H2,(H,19,21)(H,23,24);5H,4H2,1-2H3. The highest BCUT2D eigenvalue weighted by Gasteiger charge is 2.17. The van der Waals surface area contributed by atoms with Crippen LogP contribution in [-0.2, 0) is 14.3 Å². The van der Waals surface area contributed by atoms with E-state index in [0.29, 0.717) is 18.9 Å². The van der Waals surface area contributed by atoms with Crippen LogP contribution < -0.4 is 5.32 Å². The van der Waals surface area contributed by atoms with Crippen molar-refractivity contribution >= 4 is 34.4 Å². The Morgan fingerprint density at radius 2 is 2.21 bits per heavy atom. The Bertz CT molecular complexity index is 1310. The quantitative estimate of drug-likeness (QED) is 0.289. The predicted octanol–water partition coefficient (Wildman–Crippen LogP) is 3.02. The number of aromatic amines is 1. The monoisotopic (exact) mass is 449 g/mol. The molecule has 3 N–H and O–H groups in total. The minimum atomic E-state index is -0.851. The lowest BCUT2D eigenvalue weighted by Gasteiger charge is -2.07. The molecule has 3 aromatic heterocycles. The Labute approximate surface area is 189 Å². The summed E-state index contributed by atoms with van der Waals surface area (Å²) in [5, 5.41) is 19.9. The Kier molecular flexibility index (Phi) is 7.54. The van der Waals surface area contributed by atoms with Gasteiger partial charge >= 0.3 is 18.0 Å². The lowest BCUT2D eigenvalue weighted by Crippen LogP contribution is -2.15. The van der Waals surface area contributed by atoms with E-state index in [1.54, 1.807) is 25.4 Å². The zero-order valence-electron chi connectivity index (χ0n) is 18.1. The van der Waals surface area contributed by atoms with E-state index in [1.807, 2.05) is 28.8 Å². The summed E-state index contributed by atoms with van der Waals surface area (Å²) in [6.45, 7) is 10.3. The van der Waals surface area contributed by atoms with Gasteiger partial charge in [0.15, 0.2) is 0 Å². The third kappa shape index (κ3) is 5.62. The average Bonchev–Trinajstić information content (AvgIpc) is 3.43. The second kappa shape index (κ2) is 10.7. The summed E-state index contributed by atoms with van der Waals surface area (Å²) in [7, 11) is 0. The molecule has 3 heterocycles. The van der Waals surface area contributed by atoms with E-state index >= 15 is 0 Å². The normalized spacial score (nSPS) is 11.3. The molecule has 0 fully saturated rings. The van der Waals surface area contributed by atoms with Crippen molar-refractivity contribution in [2.75, 3.05) is 18.5 Å². The maximum atomic E-state index is 10.8. The van der Waals surface area contributed by atoms with Crippen LogP contribution in [0.1, 0.15) is 20.3 Å². The predicted molar refractivity (Wildman–Crippen MR) is 122 cm³/mol. The molecule has 0 aliphatic carbocycles. The highest BCUT2D eigenvalue weighted by Crippen LogP contribution is 2.30. The van der Waals surface area contributed by atoms with E-state index in [0.717, 1.165) is 28.0 Å². The number of carboxylic acid groups (broad SMARTS) is 1. The molecule has 0 bridgehead atoms. The van der Waals surface area contributed by atoms with Gasteiger partial charge in [-0.3, -0.25) is 14.3 Å². The lowest BCUT2D eigenvalue weighted by molar-refractivity contribution is -0.143. The smallest absolute Gasteiger partial charge is 0.389 e. The third-order valence-corrected chi connectivity index (χ3v) is 4.57. The fourth-order valence-corrected chi connectivity index (χ4v) is 2.95. The van der Waals surface area contributed by atoms with Gasteiger partial charge in [-0.05, 0) is 25.1 Å². The van der Waals surface area contributed by atoms with Gasteiger partial charge in [0.25, 0.3) is 0 Å². The molecule has 170 valence electrons. The summed E-state index contributed by atoms with van der Waals surface area (Å²) in [4.78, 5) is 33.1. The molecule has 1 atom stereocenters. The number of carbonyl (C=O) groups is 2. The molecular formula is C22H23N7O4. The zero-order chi connectivity index (χ0) is 23.8. The zero-order valence-corrected chi connectivity index (χ0v) is 18.1. The largest absolute Gasteiger partial charge is 0.481 e. The van der Waals surface area contributed by atoms with Gasteiger partial charge in [-0.1, -0.05) is 6.07 Å². The summed E-state index contributed by atoms with van der Waals surface area (Å²) in [6.07, 6.45) is 5.29. The molecule has 0 aliphatic heterocycles. The molecule has 4 rings (SSSR count). The van der Waals surface area contributed by atoms with E-state index in [1.165, 1.54) is 6.92 Å². The number of imidazole rings is 1. The number of nitrogens with zero attached hydrogens (tertiary/aromatic N) is 5. The third-order valence-electron chi connectivity index (χ3n) is 4.57. The molecule has 11 heteroatoms. The number of carbonyl (C=O) groups excluding carboxylic acids is 1. The number of esters is 1. The second-order valence-electron chi connectivity index (χ2n) is 6.90. The number of nitrogens with one attached hydrogen (secondary N) is 2. The van der Waals surface area contributed by atoms with Crippen LogP contribution in [0.15, 0.2) is 42.9 Å². The first-order valence-electron chi connectivity index (χ1n) is 10.2. The maximum Gasteiger partial charge on any atom is 0.389 e. The van der Waals surface area contributed by atoms with Crippen molar-refractivity contribution in [3.8, 4) is 11.3 Å². The molecule has 0 spiro atoms. The maximum absolute atomic E-state index is 10.8. The number of rotatable bonds is 7. The molecule has 1 aromatic carbocycles. The summed E-state index contributed by atoms with van der Waals surface area (Å²) in [5.41, 5.74) is 2.58. The Morgan fingerprint density at radius 1 is 1.39 bits per heavy atom. The van der Waals surface area contributed by atoms with E-state index in [4.69, 9.17) is 11.7 Å². The number of carboxylic acids is 1. The summed E-state index contributed by atoms with van der Waals surface area (Å²) in [5.74, 6) is -0.0110. The first kappa shape index (κ1) is 23.2. The molecule has 0 radical (unpaired) electrons. The molecule has 1 unspecified atom stereocenters. The average molecular weight is 449 g/mol. The number of benzene rings is 1. The summed E-state index contributed by atoms with van der Waals surface area (Å²) < 4.78 is 6.36. The fourth-order valence-electron chi connectivity index (χ4n) is 2.95. The highest BCUT2D eigenvalue weighted by molar-refractivity contribution is 5.86. The van der Waals surface area contributed by atoms with Gasteiger partial charge in [0.2, 0.25) is 5.78 Å². The topological polar surface area (TPSA) is 139 Å². The van der Waals surface area contributed by atoms with Crippen LogP contribution in [0, 0.1) is 6.57 Å². The van der Waals surface area contributed by atoms with Crippen molar-refractivity contribution in [1.29, 1.82) is 0 Å². The number of H-pyrrole nitrogens is 1. The highest BCUT2D eigenvalue weighted by atomic mass is 16.5. The molecule has 33 heavy (non-hydrogen) atoms. The van der Waals surface area contributed by atoms with Gasteiger partial charge < -0.3 is 20.0 Å². The van der Waals surface area contributed by atoms with E-state index in [-0.39, 0.29) is 6.42 Å². The van der Waals surface area contributed by atoms with E-state index in [2.05, 4.69) is 35.1 Å². The van der Waals surface area contributed by atoms with E-state index in [9.17, 15) is 9.59 Å². The summed E-state index contributed by atoms with van der Waals surface area (Å²) in [6, 6.07) is 7.04. The van der Waals surface area contributed by atoms with Crippen molar-refractivity contribution < 1.29 is 19.4 Å². The SMILES string of the molecule is O=C(O)CCNc1c(-c2ccc3[nH]ncc3c2)nc2ncccn12.[C-]#[N+]C(C)C(=O)OCC. The molecule has 11 nitrogen and oxygen atoms in total. The Morgan fingerprint density at radius 3 is 2.94 bits per heavy atom. The van der Waals surface area contributed by atoms with Gasteiger partial charge in [-0.25, -0.2) is 21.3 Å². The van der Waals surface area contributed by atoms with Crippen LogP contribution in [-0.4, -0.2) is 60.8 Å². The number of anilines is 1. The van der Waals surface area contributed by atoms with Crippen molar-refractivity contribution in [3.05, 3.63) is 54.3 Å². The number of hydrogen-bond donors (Lipinski definition) is 3. The first-order chi connectivity index (χ1) is 15.9. The molecule has 0 amide bonds. The van der Waals surface area contributed by atoms with Crippen molar-refractivity contribution in [2.45, 2.75) is 26.3 Å². The van der Waals surface area contributed by atoms with Crippen LogP contribution >= 0.6 is 0 Å². The van der Waals surface area contributed by atoms with Crippen LogP contribution in [0.2, 0.25) is 0 Å². The Balaban J connectivity index is 0.000000292. The number of aromatic nitrogens is 5. The van der Waals surface area contributed by atoms with Gasteiger partial charge in [0, 0.05) is 36.8 Å². The Hall–Kier alpha value is -4.46. The fraction of sp³-hybridized carbons (Fsp3) is 0.273. The van der Waals surface area contributed by atoms with Gasteiger partial charge in [-0.15, -0.1) is 0 Å². The van der Waals surface area contributed by atoms with Crippen molar-refractivity contribution in [3.63, 3.8) is 0 Å². The number of fused-ring (bicyclic) bond motifs is 2. The molecular weight excluding hydrogens is 426 g/mol. The van der Waals surface area contributed by atoms with Gasteiger partial charge in [0.05, 0.1) is 24.7 Å². The summed E-state index contributed by atoms with van der Waals surface area (Å²) >= 11 is 0. The number of ether oxygens (including phenoxy) is 1. The minimum absolute atomic E-state index is 0.0215. The minimum Gasteiger partial charge on any atom is -0.481 e. The van der Waals surface area contributed by atoms with Crippen LogP contribution in [0.4, 0.5) is 5.82 Å². The molecule has 4 aromatic rings. The second-order valence-corrected chi connectivity index (χ2v) is 6.90. The van der Waals surface area contributed by atoms with Crippen LogP contribution in [0.3, 0.4) is 0 Å². The molecule has 0 aliphatic rings. The van der Waals surface area contributed by atoms with E-state index < -0.39 is 18.0 Å². The van der Waals surface area contributed by atoms with Gasteiger partial charge in [0.1, 0.15) is 11.5 Å². The lowest BCUT2D eigenvalue weighted by atomic mass is 10.1. The molecule has 0 saturated carbocycles. The van der Waals surface area contributed by atoms with Crippen LogP contribution in [0.25, 0.3) is 32.8 Å². The molecule has 0 saturated heterocycles. The van der Waals surface area contributed by atoms with Crippen molar-refractivity contribution in [2.24, 2.45) is 0 Å². The van der Waals surface area contributed by atoms with Crippen LogP contribution in [0.5, 0.6) is 0 Å². The van der Waals surface area contributed by atoms with Gasteiger partial charge in [-0.2, -0.15) is 5.10 Å². The number of aliphatic carboxylic acids is 1. The number of hydrogen-bond acceptors (Lipinski definition) is 7.